The molecule has 0 heterocycles. The van der Waals surface area contributed by atoms with Crippen molar-refractivity contribution >= 4 is 0 Å². The number of rotatable bonds is 5. The normalized spacial score (nSPS) is 20.6. The third kappa shape index (κ3) is 3.84. The van der Waals surface area contributed by atoms with E-state index < -0.39 is 0 Å². The van der Waals surface area contributed by atoms with Crippen LogP contribution in [-0.4, -0.2) is 6.04 Å². The number of nitrogens with one attached hydrogen (secondary N) is 1. The third-order valence-electron chi connectivity index (χ3n) is 4.65. The van der Waals surface area contributed by atoms with E-state index in [0.29, 0.717) is 6.04 Å². The molecule has 100 valence electrons. The Kier molecular flexibility index (Phi) is 5.25. The second-order valence-electron chi connectivity index (χ2n) is 5.91. The first kappa shape index (κ1) is 13.6. The van der Waals surface area contributed by atoms with Crippen LogP contribution in [0.4, 0.5) is 0 Å². The van der Waals surface area contributed by atoms with Crippen LogP contribution in [0.25, 0.3) is 0 Å². The van der Waals surface area contributed by atoms with Crippen LogP contribution in [0.5, 0.6) is 0 Å². The van der Waals surface area contributed by atoms with Crippen molar-refractivity contribution in [3.05, 3.63) is 35.9 Å². The van der Waals surface area contributed by atoms with E-state index in [4.69, 9.17) is 0 Å². The van der Waals surface area contributed by atoms with Crippen LogP contribution < -0.4 is 5.32 Å². The minimum Gasteiger partial charge on any atom is -0.310 e. The van der Waals surface area contributed by atoms with Crippen molar-refractivity contribution < 1.29 is 0 Å². The summed E-state index contributed by atoms with van der Waals surface area (Å²) in [5.41, 5.74) is 1.39. The lowest BCUT2D eigenvalue weighted by Gasteiger charge is -2.32. The van der Waals surface area contributed by atoms with E-state index in [-0.39, 0.29) is 0 Å². The van der Waals surface area contributed by atoms with Crippen LogP contribution >= 0.6 is 0 Å². The third-order valence-corrected chi connectivity index (χ3v) is 4.65. The summed E-state index contributed by atoms with van der Waals surface area (Å²) in [6.45, 7) is 5.78. The molecule has 0 spiro atoms. The van der Waals surface area contributed by atoms with Gasteiger partial charge in [-0.25, -0.2) is 0 Å². The van der Waals surface area contributed by atoms with Gasteiger partial charge in [-0.1, -0.05) is 69.4 Å². The van der Waals surface area contributed by atoms with Gasteiger partial charge in [-0.05, 0) is 24.3 Å². The van der Waals surface area contributed by atoms with Gasteiger partial charge in [0.05, 0.1) is 0 Å². The van der Waals surface area contributed by atoms with Gasteiger partial charge in [0.25, 0.3) is 0 Å². The van der Waals surface area contributed by atoms with Gasteiger partial charge in [0.1, 0.15) is 0 Å². The molecule has 0 saturated heterocycles. The summed E-state index contributed by atoms with van der Waals surface area (Å²) in [4.78, 5) is 0. The van der Waals surface area contributed by atoms with Gasteiger partial charge in [-0.15, -0.1) is 0 Å². The van der Waals surface area contributed by atoms with Gasteiger partial charge in [-0.3, -0.25) is 0 Å². The summed E-state index contributed by atoms with van der Waals surface area (Å²) in [7, 11) is 0. The number of hydrogen-bond donors (Lipinski definition) is 1. The summed E-state index contributed by atoms with van der Waals surface area (Å²) in [6.07, 6.45) is 7.23. The maximum Gasteiger partial charge on any atom is 0.0208 e. The van der Waals surface area contributed by atoms with Crippen LogP contribution in [0.1, 0.15) is 51.5 Å². The highest BCUT2D eigenvalue weighted by Crippen LogP contribution is 2.31. The molecular weight excluding hydrogens is 218 g/mol. The van der Waals surface area contributed by atoms with E-state index in [0.717, 1.165) is 18.4 Å². The Morgan fingerprint density at radius 2 is 1.72 bits per heavy atom. The van der Waals surface area contributed by atoms with E-state index >= 15 is 0 Å². The van der Waals surface area contributed by atoms with Gasteiger partial charge in [-0.2, -0.15) is 0 Å². The van der Waals surface area contributed by atoms with Gasteiger partial charge >= 0.3 is 0 Å². The molecule has 0 radical (unpaired) electrons. The maximum atomic E-state index is 3.70. The predicted octanol–water partition coefficient (Wildman–Crippen LogP) is 4.38. The standard InChI is InChI=1S/C17H27N/c1-14(17-11-7-4-8-12-17)15(2)18-13-16-9-5-3-6-10-16/h3,5-6,9-10,14-15,17-18H,4,7-8,11-13H2,1-2H3/t14-,15-/m0/s1. The Balaban J connectivity index is 1.78. The minimum absolute atomic E-state index is 0.619. The molecule has 1 N–H and O–H groups in total. The van der Waals surface area contributed by atoms with Crippen LogP contribution in [0, 0.1) is 11.8 Å². The second kappa shape index (κ2) is 6.94. The molecule has 2 atom stereocenters. The molecule has 18 heavy (non-hydrogen) atoms. The van der Waals surface area contributed by atoms with E-state index in [9.17, 15) is 0 Å². The zero-order valence-electron chi connectivity index (χ0n) is 11.9. The molecule has 1 nitrogen and oxygen atoms in total. The fourth-order valence-corrected chi connectivity index (χ4v) is 3.13. The molecule has 0 unspecified atom stereocenters. The van der Waals surface area contributed by atoms with Crippen molar-refractivity contribution in [1.29, 1.82) is 0 Å². The molecule has 1 fully saturated rings. The Hall–Kier alpha value is -0.820. The van der Waals surface area contributed by atoms with E-state index in [1.54, 1.807) is 0 Å². The highest BCUT2D eigenvalue weighted by molar-refractivity contribution is 5.14. The molecule has 1 aliphatic rings. The van der Waals surface area contributed by atoms with Crippen LogP contribution in [0.3, 0.4) is 0 Å². The van der Waals surface area contributed by atoms with Crippen LogP contribution in [0.15, 0.2) is 30.3 Å². The molecule has 1 aromatic rings. The molecule has 1 heteroatoms. The van der Waals surface area contributed by atoms with Gasteiger partial charge in [0.15, 0.2) is 0 Å². The van der Waals surface area contributed by atoms with Gasteiger partial charge in [0.2, 0.25) is 0 Å². The van der Waals surface area contributed by atoms with E-state index in [2.05, 4.69) is 49.5 Å². The summed E-state index contributed by atoms with van der Waals surface area (Å²) >= 11 is 0. The summed E-state index contributed by atoms with van der Waals surface area (Å²) < 4.78 is 0. The van der Waals surface area contributed by atoms with E-state index in [1.807, 2.05) is 0 Å². The smallest absolute Gasteiger partial charge is 0.0208 e. The Morgan fingerprint density at radius 3 is 2.39 bits per heavy atom. The largest absolute Gasteiger partial charge is 0.310 e. The summed E-state index contributed by atoms with van der Waals surface area (Å²) in [6, 6.07) is 11.3. The molecule has 1 aliphatic carbocycles. The van der Waals surface area contributed by atoms with Crippen LogP contribution in [0.2, 0.25) is 0 Å². The Bertz CT molecular complexity index is 327. The topological polar surface area (TPSA) is 12.0 Å². The average Bonchev–Trinajstić information content (AvgIpc) is 2.46. The zero-order chi connectivity index (χ0) is 12.8. The fraction of sp³-hybridized carbons (Fsp3) is 0.647. The van der Waals surface area contributed by atoms with Gasteiger partial charge in [0, 0.05) is 12.6 Å². The lowest BCUT2D eigenvalue weighted by Crippen LogP contribution is -2.36. The van der Waals surface area contributed by atoms with Crippen molar-refractivity contribution in [2.24, 2.45) is 11.8 Å². The Morgan fingerprint density at radius 1 is 1.06 bits per heavy atom. The molecule has 0 bridgehead atoms. The van der Waals surface area contributed by atoms with Crippen LogP contribution in [-0.2, 0) is 6.54 Å². The minimum atomic E-state index is 0.619. The first-order chi connectivity index (χ1) is 8.77. The van der Waals surface area contributed by atoms with Crippen molar-refractivity contribution in [2.45, 2.75) is 58.5 Å². The predicted molar refractivity (Wildman–Crippen MR) is 78.5 cm³/mol. The SMILES string of the molecule is C[C@H](NCc1ccccc1)[C@H](C)C1CCCCC1. The molecule has 1 aromatic carbocycles. The highest BCUT2D eigenvalue weighted by Gasteiger charge is 2.23. The fourth-order valence-electron chi connectivity index (χ4n) is 3.13. The second-order valence-corrected chi connectivity index (χ2v) is 5.91. The lowest BCUT2D eigenvalue weighted by molar-refractivity contribution is 0.218. The number of benzene rings is 1. The first-order valence-corrected chi connectivity index (χ1v) is 7.54. The Labute approximate surface area is 112 Å². The molecule has 2 rings (SSSR count). The van der Waals surface area contributed by atoms with Gasteiger partial charge < -0.3 is 5.32 Å². The molecule has 0 aromatic heterocycles. The van der Waals surface area contributed by atoms with Crippen molar-refractivity contribution in [1.82, 2.24) is 5.32 Å². The van der Waals surface area contributed by atoms with Crippen molar-refractivity contribution in [2.75, 3.05) is 0 Å². The molecule has 0 aliphatic heterocycles. The maximum absolute atomic E-state index is 3.70. The quantitative estimate of drug-likeness (QED) is 0.811. The monoisotopic (exact) mass is 245 g/mol. The summed E-state index contributed by atoms with van der Waals surface area (Å²) in [5.74, 6) is 1.74. The number of hydrogen-bond acceptors (Lipinski definition) is 1. The summed E-state index contributed by atoms with van der Waals surface area (Å²) in [5, 5.41) is 3.70. The lowest BCUT2D eigenvalue weighted by atomic mass is 9.78. The van der Waals surface area contributed by atoms with Crippen molar-refractivity contribution in [3.8, 4) is 0 Å². The molecule has 1 saturated carbocycles. The molecular formula is C17H27N. The average molecular weight is 245 g/mol. The van der Waals surface area contributed by atoms with Crippen molar-refractivity contribution in [3.63, 3.8) is 0 Å². The van der Waals surface area contributed by atoms with E-state index in [1.165, 1.54) is 37.7 Å². The zero-order valence-corrected chi connectivity index (χ0v) is 11.9. The first-order valence-electron chi connectivity index (χ1n) is 7.54. The highest BCUT2D eigenvalue weighted by atomic mass is 14.9. The molecule has 0 amide bonds.